The Labute approximate surface area is 168 Å². The van der Waals surface area contributed by atoms with E-state index < -0.39 is 11.9 Å². The Morgan fingerprint density at radius 1 is 1.07 bits per heavy atom. The van der Waals surface area contributed by atoms with Gasteiger partial charge in [0.15, 0.2) is 0 Å². The summed E-state index contributed by atoms with van der Waals surface area (Å²) in [5.41, 5.74) is 4.20. The number of carbonyl (C=O) groups is 2. The number of amides is 1. The number of carboxylic acid groups (broad SMARTS) is 1. The molecule has 3 rings (SSSR count). The van der Waals surface area contributed by atoms with Gasteiger partial charge in [0.2, 0.25) is 0 Å². The third kappa shape index (κ3) is 4.42. The van der Waals surface area contributed by atoms with Crippen molar-refractivity contribution in [1.29, 1.82) is 5.26 Å². The van der Waals surface area contributed by atoms with Gasteiger partial charge in [-0.2, -0.15) is 5.26 Å². The van der Waals surface area contributed by atoms with Gasteiger partial charge < -0.3 is 15.0 Å². The molecule has 1 heterocycles. The Balaban J connectivity index is 1.89. The van der Waals surface area contributed by atoms with E-state index in [0.29, 0.717) is 11.4 Å². The fourth-order valence-corrected chi connectivity index (χ4v) is 2.85. The van der Waals surface area contributed by atoms with Gasteiger partial charge >= 0.3 is 5.97 Å². The van der Waals surface area contributed by atoms with Crippen molar-refractivity contribution in [3.8, 4) is 11.8 Å². The normalized spacial score (nSPS) is 11.0. The van der Waals surface area contributed by atoms with Crippen LogP contribution in [0.3, 0.4) is 0 Å². The Hall–Kier alpha value is -4.11. The number of rotatable bonds is 5. The number of nitriles is 1. The van der Waals surface area contributed by atoms with Crippen LogP contribution in [0.2, 0.25) is 0 Å². The lowest BCUT2D eigenvalue weighted by molar-refractivity contribution is -0.112. The Morgan fingerprint density at radius 2 is 1.86 bits per heavy atom. The van der Waals surface area contributed by atoms with E-state index in [4.69, 9.17) is 5.11 Å². The fourth-order valence-electron chi connectivity index (χ4n) is 2.85. The second kappa shape index (κ2) is 8.28. The number of carbonyl (C=O) groups excluding carboxylic acids is 1. The fraction of sp³-hybridized carbons (Fsp3) is 0.0870. The summed E-state index contributed by atoms with van der Waals surface area (Å²) in [6, 6.07) is 17.5. The minimum atomic E-state index is -1.09. The highest BCUT2D eigenvalue weighted by Gasteiger charge is 2.13. The molecule has 1 amide bonds. The number of aromatic nitrogens is 1. The average molecular weight is 385 g/mol. The summed E-state index contributed by atoms with van der Waals surface area (Å²) in [6.07, 6.45) is 3.37. The molecular formula is C23H19N3O3. The zero-order chi connectivity index (χ0) is 21.0. The number of benzene rings is 2. The van der Waals surface area contributed by atoms with Crippen LogP contribution >= 0.6 is 0 Å². The molecule has 1 aromatic heterocycles. The third-order valence-corrected chi connectivity index (χ3v) is 4.57. The Kier molecular flexibility index (Phi) is 5.61. The first-order chi connectivity index (χ1) is 13.9. The van der Waals surface area contributed by atoms with E-state index in [2.05, 4.69) is 5.32 Å². The van der Waals surface area contributed by atoms with Gasteiger partial charge in [-0.3, -0.25) is 4.79 Å². The smallest absolute Gasteiger partial charge is 0.335 e. The first kappa shape index (κ1) is 19.6. The Bertz CT molecular complexity index is 1170. The van der Waals surface area contributed by atoms with Crippen LogP contribution < -0.4 is 5.32 Å². The highest BCUT2D eigenvalue weighted by atomic mass is 16.4. The summed E-state index contributed by atoms with van der Waals surface area (Å²) in [6.45, 7) is 4.06. The SMILES string of the molecule is Cc1ccc(-n2cccc2/C=C(/C#N)C(=O)Nc2cccc(C(=O)O)c2)cc1C. The molecule has 0 spiro atoms. The lowest BCUT2D eigenvalue weighted by Gasteiger charge is -2.10. The molecule has 0 saturated carbocycles. The van der Waals surface area contributed by atoms with Crippen molar-refractivity contribution in [3.63, 3.8) is 0 Å². The molecule has 2 N–H and O–H groups in total. The molecule has 0 aliphatic carbocycles. The topological polar surface area (TPSA) is 95.1 Å². The van der Waals surface area contributed by atoms with Gasteiger partial charge in [0.1, 0.15) is 11.6 Å². The predicted octanol–water partition coefficient (Wildman–Crippen LogP) is 4.34. The van der Waals surface area contributed by atoms with Gasteiger partial charge in [-0.15, -0.1) is 0 Å². The second-order valence-corrected chi connectivity index (χ2v) is 6.58. The number of nitrogens with zero attached hydrogens (tertiary/aromatic N) is 2. The largest absolute Gasteiger partial charge is 0.478 e. The van der Waals surface area contributed by atoms with Crippen LogP contribution in [0.5, 0.6) is 0 Å². The summed E-state index contributed by atoms with van der Waals surface area (Å²) < 4.78 is 1.89. The van der Waals surface area contributed by atoms with Crippen molar-refractivity contribution in [1.82, 2.24) is 4.57 Å². The molecule has 144 valence electrons. The van der Waals surface area contributed by atoms with Crippen molar-refractivity contribution < 1.29 is 14.7 Å². The van der Waals surface area contributed by atoms with Crippen molar-refractivity contribution in [3.05, 3.63) is 88.8 Å². The summed E-state index contributed by atoms with van der Waals surface area (Å²) in [5.74, 6) is -1.70. The first-order valence-electron chi connectivity index (χ1n) is 8.90. The maximum absolute atomic E-state index is 12.5. The highest BCUT2D eigenvalue weighted by molar-refractivity contribution is 6.09. The molecule has 0 saturated heterocycles. The van der Waals surface area contributed by atoms with Crippen LogP contribution in [-0.4, -0.2) is 21.6 Å². The van der Waals surface area contributed by atoms with Crippen LogP contribution in [0.4, 0.5) is 5.69 Å². The zero-order valence-electron chi connectivity index (χ0n) is 16.0. The van der Waals surface area contributed by atoms with Gasteiger partial charge in [0.05, 0.1) is 5.56 Å². The van der Waals surface area contributed by atoms with Gasteiger partial charge in [0.25, 0.3) is 5.91 Å². The number of nitrogens with one attached hydrogen (secondary N) is 1. The quantitative estimate of drug-likeness (QED) is 0.504. The van der Waals surface area contributed by atoms with Crippen LogP contribution in [-0.2, 0) is 4.79 Å². The number of aryl methyl sites for hydroxylation is 2. The van der Waals surface area contributed by atoms with E-state index in [1.807, 2.05) is 61.0 Å². The van der Waals surface area contributed by atoms with E-state index in [1.54, 1.807) is 6.07 Å². The molecule has 0 aliphatic heterocycles. The molecule has 0 radical (unpaired) electrons. The molecule has 29 heavy (non-hydrogen) atoms. The van der Waals surface area contributed by atoms with Crippen LogP contribution in [0.25, 0.3) is 11.8 Å². The lowest BCUT2D eigenvalue weighted by Crippen LogP contribution is -2.14. The van der Waals surface area contributed by atoms with E-state index in [9.17, 15) is 14.9 Å². The standard InChI is InChI=1S/C23H19N3O3/c1-15-8-9-21(11-16(15)2)26-10-4-7-20(26)13-18(14-24)22(27)25-19-6-3-5-17(12-19)23(28)29/h3-13H,1-2H3,(H,25,27)(H,28,29)/b18-13-. The second-order valence-electron chi connectivity index (χ2n) is 6.58. The van der Waals surface area contributed by atoms with Gasteiger partial charge in [-0.1, -0.05) is 12.1 Å². The summed E-state index contributed by atoms with van der Waals surface area (Å²) in [5, 5.41) is 21.1. The van der Waals surface area contributed by atoms with Gasteiger partial charge in [0, 0.05) is 23.3 Å². The number of anilines is 1. The predicted molar refractivity (Wildman–Crippen MR) is 111 cm³/mol. The van der Waals surface area contributed by atoms with E-state index in [1.165, 1.54) is 29.8 Å². The number of hydrogen-bond donors (Lipinski definition) is 2. The van der Waals surface area contributed by atoms with E-state index in [-0.39, 0.29) is 11.1 Å². The molecule has 0 bridgehead atoms. The average Bonchev–Trinajstić information content (AvgIpc) is 3.16. The lowest BCUT2D eigenvalue weighted by atomic mass is 10.1. The summed E-state index contributed by atoms with van der Waals surface area (Å²) in [4.78, 5) is 23.6. The van der Waals surface area contributed by atoms with Crippen molar-refractivity contribution >= 4 is 23.6 Å². The molecule has 2 aromatic carbocycles. The van der Waals surface area contributed by atoms with Crippen molar-refractivity contribution in [2.45, 2.75) is 13.8 Å². The number of aromatic carboxylic acids is 1. The minimum absolute atomic E-state index is 0.0499. The molecule has 3 aromatic rings. The van der Waals surface area contributed by atoms with Crippen molar-refractivity contribution in [2.24, 2.45) is 0 Å². The van der Waals surface area contributed by atoms with Crippen LogP contribution in [0, 0.1) is 25.2 Å². The van der Waals surface area contributed by atoms with Crippen LogP contribution in [0.1, 0.15) is 27.2 Å². The molecule has 0 fully saturated rings. The molecule has 6 nitrogen and oxygen atoms in total. The molecular weight excluding hydrogens is 366 g/mol. The maximum Gasteiger partial charge on any atom is 0.335 e. The molecule has 0 aliphatic rings. The minimum Gasteiger partial charge on any atom is -0.478 e. The number of carboxylic acids is 1. The molecule has 0 atom stereocenters. The monoisotopic (exact) mass is 385 g/mol. The van der Waals surface area contributed by atoms with Gasteiger partial charge in [-0.25, -0.2) is 4.79 Å². The highest BCUT2D eigenvalue weighted by Crippen LogP contribution is 2.19. The molecule has 6 heteroatoms. The first-order valence-corrected chi connectivity index (χ1v) is 8.90. The van der Waals surface area contributed by atoms with E-state index >= 15 is 0 Å². The van der Waals surface area contributed by atoms with Crippen LogP contribution in [0.15, 0.2) is 66.4 Å². The summed E-state index contributed by atoms with van der Waals surface area (Å²) >= 11 is 0. The number of hydrogen-bond acceptors (Lipinski definition) is 3. The molecule has 0 unspecified atom stereocenters. The van der Waals surface area contributed by atoms with Crippen molar-refractivity contribution in [2.75, 3.05) is 5.32 Å². The Morgan fingerprint density at radius 3 is 2.55 bits per heavy atom. The van der Waals surface area contributed by atoms with Gasteiger partial charge in [-0.05, 0) is 73.5 Å². The summed E-state index contributed by atoms with van der Waals surface area (Å²) in [7, 11) is 0. The van der Waals surface area contributed by atoms with E-state index in [0.717, 1.165) is 11.3 Å². The zero-order valence-corrected chi connectivity index (χ0v) is 16.0. The third-order valence-electron chi connectivity index (χ3n) is 4.57. The maximum atomic E-state index is 12.5.